The first-order valence-corrected chi connectivity index (χ1v) is 5.90. The lowest BCUT2D eigenvalue weighted by Gasteiger charge is -2.21. The van der Waals surface area contributed by atoms with Crippen molar-refractivity contribution < 1.29 is 0 Å². The predicted octanol–water partition coefficient (Wildman–Crippen LogP) is 3.06. The van der Waals surface area contributed by atoms with E-state index in [-0.39, 0.29) is 0 Å². The molecule has 1 heterocycles. The number of benzene rings is 1. The molecule has 2 aliphatic rings. The fourth-order valence-electron chi connectivity index (χ4n) is 2.91. The van der Waals surface area contributed by atoms with Crippen molar-refractivity contribution in [3.63, 3.8) is 0 Å². The van der Waals surface area contributed by atoms with Gasteiger partial charge in [0, 0.05) is 22.5 Å². The Morgan fingerprint density at radius 2 is 2.06 bits per heavy atom. The third-order valence-corrected chi connectivity index (χ3v) is 4.29. The van der Waals surface area contributed by atoms with E-state index >= 15 is 0 Å². The molecule has 0 spiro atoms. The number of pyridine rings is 1. The molecule has 0 aliphatic heterocycles. The van der Waals surface area contributed by atoms with Crippen LogP contribution in [0.4, 0.5) is 5.69 Å². The molecule has 80 valence electrons. The molecule has 2 saturated carbocycles. The van der Waals surface area contributed by atoms with Crippen molar-refractivity contribution in [1.29, 1.82) is 0 Å². The van der Waals surface area contributed by atoms with Crippen LogP contribution in [0, 0.1) is 11.8 Å². The van der Waals surface area contributed by atoms with Gasteiger partial charge >= 0.3 is 0 Å². The van der Waals surface area contributed by atoms with E-state index in [0.29, 0.717) is 5.54 Å². The van der Waals surface area contributed by atoms with Crippen molar-refractivity contribution in [2.24, 2.45) is 11.8 Å². The van der Waals surface area contributed by atoms with Gasteiger partial charge in [0.15, 0.2) is 0 Å². The second kappa shape index (κ2) is 2.57. The Bertz CT molecular complexity index is 562. The summed E-state index contributed by atoms with van der Waals surface area (Å²) in [5.74, 6) is 1.85. The molecule has 2 aliphatic carbocycles. The Morgan fingerprint density at radius 1 is 1.25 bits per heavy atom. The minimum atomic E-state index is 0.367. The highest BCUT2D eigenvalue weighted by atomic mass is 15.1. The van der Waals surface area contributed by atoms with Crippen LogP contribution in [0.5, 0.6) is 0 Å². The summed E-state index contributed by atoms with van der Waals surface area (Å²) < 4.78 is 0. The van der Waals surface area contributed by atoms with Crippen LogP contribution in [-0.4, -0.2) is 10.5 Å². The second-order valence-electron chi connectivity index (χ2n) is 5.26. The lowest BCUT2D eigenvalue weighted by atomic mass is 10.1. The lowest BCUT2D eigenvalue weighted by Crippen LogP contribution is -2.25. The minimum absolute atomic E-state index is 0.367. The molecule has 2 unspecified atom stereocenters. The highest BCUT2D eigenvalue weighted by molar-refractivity contribution is 5.93. The Kier molecular flexibility index (Phi) is 1.37. The molecule has 1 aromatic heterocycles. The van der Waals surface area contributed by atoms with E-state index in [9.17, 15) is 0 Å². The summed E-state index contributed by atoms with van der Waals surface area (Å²) in [5, 5.41) is 6.17. The zero-order valence-corrected chi connectivity index (χ0v) is 9.27. The minimum Gasteiger partial charge on any atom is -0.378 e. The maximum atomic E-state index is 4.30. The molecule has 2 aromatic rings. The number of hydrogen-bond donors (Lipinski definition) is 1. The molecule has 0 bridgehead atoms. The number of hydrogen-bond acceptors (Lipinski definition) is 2. The van der Waals surface area contributed by atoms with Gasteiger partial charge in [-0.15, -0.1) is 0 Å². The van der Waals surface area contributed by atoms with Gasteiger partial charge in [-0.3, -0.25) is 4.98 Å². The van der Waals surface area contributed by atoms with E-state index in [0.717, 1.165) is 11.8 Å². The summed E-state index contributed by atoms with van der Waals surface area (Å²) in [6.07, 6.45) is 5.30. The van der Waals surface area contributed by atoms with E-state index in [1.807, 2.05) is 12.4 Å². The van der Waals surface area contributed by atoms with Crippen LogP contribution in [0.15, 0.2) is 36.7 Å². The number of aromatic nitrogens is 1. The average molecular weight is 210 g/mol. The lowest BCUT2D eigenvalue weighted by molar-refractivity contribution is 0.600. The first-order valence-electron chi connectivity index (χ1n) is 5.90. The number of nitrogens with one attached hydrogen (secondary N) is 1. The van der Waals surface area contributed by atoms with Crippen LogP contribution >= 0.6 is 0 Å². The molecule has 0 radical (unpaired) electrons. The number of rotatable bonds is 2. The molecular formula is C14H14N2. The van der Waals surface area contributed by atoms with E-state index in [4.69, 9.17) is 0 Å². The molecule has 4 rings (SSSR count). The van der Waals surface area contributed by atoms with Gasteiger partial charge < -0.3 is 5.32 Å². The van der Waals surface area contributed by atoms with Crippen molar-refractivity contribution in [3.8, 4) is 0 Å². The summed E-state index contributed by atoms with van der Waals surface area (Å²) in [7, 11) is 0. The van der Waals surface area contributed by atoms with Gasteiger partial charge in [-0.25, -0.2) is 0 Å². The zero-order chi connectivity index (χ0) is 10.8. The van der Waals surface area contributed by atoms with Crippen LogP contribution in [0.3, 0.4) is 0 Å². The standard InChI is InChI=1S/C14H14N2/c1-14(11-6-12(11)14)16-13-8-15-7-9-4-2-3-5-10(9)13/h2-5,7-8,11-12,16H,6H2,1H3. The number of fused-ring (bicyclic) bond motifs is 2. The van der Waals surface area contributed by atoms with Gasteiger partial charge in [-0.2, -0.15) is 0 Å². The average Bonchev–Trinajstić information content (AvgIpc) is 3.19. The van der Waals surface area contributed by atoms with Crippen LogP contribution in [0.1, 0.15) is 13.3 Å². The third kappa shape index (κ3) is 0.993. The van der Waals surface area contributed by atoms with Crippen molar-refractivity contribution in [3.05, 3.63) is 36.7 Å². The molecule has 2 atom stereocenters. The molecule has 0 amide bonds. The van der Waals surface area contributed by atoms with Crippen molar-refractivity contribution in [1.82, 2.24) is 4.98 Å². The maximum Gasteiger partial charge on any atom is 0.0610 e. The van der Waals surface area contributed by atoms with E-state index in [1.54, 1.807) is 0 Å². The summed E-state index contributed by atoms with van der Waals surface area (Å²) >= 11 is 0. The van der Waals surface area contributed by atoms with Crippen molar-refractivity contribution in [2.75, 3.05) is 5.32 Å². The quantitative estimate of drug-likeness (QED) is 0.824. The van der Waals surface area contributed by atoms with Gasteiger partial charge in [0.05, 0.1) is 11.9 Å². The van der Waals surface area contributed by atoms with E-state index in [2.05, 4.69) is 41.5 Å². The highest BCUT2D eigenvalue weighted by Gasteiger charge is 2.74. The summed E-state index contributed by atoms with van der Waals surface area (Å²) in [5.41, 5.74) is 1.55. The fourth-order valence-corrected chi connectivity index (χ4v) is 2.91. The molecule has 1 aromatic carbocycles. The van der Waals surface area contributed by atoms with Crippen molar-refractivity contribution >= 4 is 16.5 Å². The van der Waals surface area contributed by atoms with Gasteiger partial charge in [-0.1, -0.05) is 24.3 Å². The molecule has 16 heavy (non-hydrogen) atoms. The third-order valence-electron chi connectivity index (χ3n) is 4.29. The Labute approximate surface area is 94.7 Å². The Morgan fingerprint density at radius 3 is 2.81 bits per heavy atom. The Hall–Kier alpha value is -1.57. The van der Waals surface area contributed by atoms with Crippen LogP contribution in [-0.2, 0) is 0 Å². The molecule has 1 N–H and O–H groups in total. The maximum absolute atomic E-state index is 4.30. The van der Waals surface area contributed by atoms with Gasteiger partial charge in [0.1, 0.15) is 0 Å². The van der Waals surface area contributed by atoms with Crippen LogP contribution in [0.2, 0.25) is 0 Å². The van der Waals surface area contributed by atoms with Gasteiger partial charge in [-0.05, 0) is 25.2 Å². The summed E-state index contributed by atoms with van der Waals surface area (Å²) in [4.78, 5) is 4.30. The highest BCUT2D eigenvalue weighted by Crippen LogP contribution is 2.72. The van der Waals surface area contributed by atoms with Gasteiger partial charge in [0.25, 0.3) is 0 Å². The first-order chi connectivity index (χ1) is 7.79. The van der Waals surface area contributed by atoms with Gasteiger partial charge in [0.2, 0.25) is 0 Å². The fraction of sp³-hybridized carbons (Fsp3) is 0.357. The predicted molar refractivity (Wildman–Crippen MR) is 65.4 cm³/mol. The molecular weight excluding hydrogens is 196 g/mol. The molecule has 2 fully saturated rings. The second-order valence-corrected chi connectivity index (χ2v) is 5.26. The van der Waals surface area contributed by atoms with E-state index < -0.39 is 0 Å². The van der Waals surface area contributed by atoms with E-state index in [1.165, 1.54) is 22.9 Å². The molecule has 0 saturated heterocycles. The van der Waals surface area contributed by atoms with Crippen molar-refractivity contribution in [2.45, 2.75) is 18.9 Å². The number of nitrogens with zero attached hydrogens (tertiary/aromatic N) is 1. The summed E-state index contributed by atoms with van der Waals surface area (Å²) in [6.45, 7) is 2.33. The smallest absolute Gasteiger partial charge is 0.0610 e. The Balaban J connectivity index is 1.79. The molecule has 2 nitrogen and oxygen atoms in total. The van der Waals surface area contributed by atoms with Crippen LogP contribution < -0.4 is 5.32 Å². The molecule has 2 heteroatoms. The normalized spacial score (nSPS) is 34.6. The zero-order valence-electron chi connectivity index (χ0n) is 9.27. The summed E-state index contributed by atoms with van der Waals surface area (Å²) in [6, 6.07) is 8.42. The van der Waals surface area contributed by atoms with Crippen LogP contribution in [0.25, 0.3) is 10.8 Å². The topological polar surface area (TPSA) is 24.9 Å². The largest absolute Gasteiger partial charge is 0.378 e. The SMILES string of the molecule is CC1(Nc2cncc3ccccc23)C2CC21. The number of anilines is 1. The first kappa shape index (κ1) is 8.57. The monoisotopic (exact) mass is 210 g/mol.